The maximum atomic E-state index is 10.8. The highest BCUT2D eigenvalue weighted by molar-refractivity contribution is 8.13. The van der Waals surface area contributed by atoms with Gasteiger partial charge in [0.2, 0.25) is 0 Å². The summed E-state index contributed by atoms with van der Waals surface area (Å²) in [5.74, 6) is 1.51. The minimum Gasteiger partial charge on any atom is -0.387 e. The molecule has 1 unspecified atom stereocenters. The molecule has 0 aliphatic heterocycles. The predicted molar refractivity (Wildman–Crippen MR) is 65.6 cm³/mol. The SMILES string of the molecule is CC(=O)SCC1CC(n2cc(C(C)O)nn2)C1. The van der Waals surface area contributed by atoms with E-state index >= 15 is 0 Å². The first kappa shape index (κ1) is 12.6. The number of thioether (sulfide) groups is 1. The van der Waals surface area contributed by atoms with Crippen molar-refractivity contribution >= 4 is 16.9 Å². The molecule has 0 aromatic carbocycles. The van der Waals surface area contributed by atoms with Crippen molar-refractivity contribution in [3.63, 3.8) is 0 Å². The third-order valence-electron chi connectivity index (χ3n) is 3.06. The lowest BCUT2D eigenvalue weighted by Gasteiger charge is -2.34. The van der Waals surface area contributed by atoms with Crippen molar-refractivity contribution in [1.82, 2.24) is 15.0 Å². The van der Waals surface area contributed by atoms with Gasteiger partial charge in [-0.3, -0.25) is 4.79 Å². The van der Waals surface area contributed by atoms with Crippen molar-refractivity contribution in [2.24, 2.45) is 5.92 Å². The molecule has 1 heterocycles. The van der Waals surface area contributed by atoms with E-state index in [0.717, 1.165) is 18.6 Å². The number of carbonyl (C=O) groups excluding carboxylic acids is 1. The van der Waals surface area contributed by atoms with Gasteiger partial charge in [0.1, 0.15) is 5.69 Å². The van der Waals surface area contributed by atoms with Gasteiger partial charge in [0.15, 0.2) is 5.12 Å². The molecule has 1 saturated carbocycles. The lowest BCUT2D eigenvalue weighted by molar-refractivity contribution is -0.109. The van der Waals surface area contributed by atoms with Crippen LogP contribution in [0, 0.1) is 5.92 Å². The Labute approximate surface area is 105 Å². The monoisotopic (exact) mass is 255 g/mol. The smallest absolute Gasteiger partial charge is 0.185 e. The molecule has 1 aromatic heterocycles. The molecule has 0 spiro atoms. The van der Waals surface area contributed by atoms with Crippen LogP contribution in [0.5, 0.6) is 0 Å². The Morgan fingerprint density at radius 1 is 1.71 bits per heavy atom. The molecule has 1 aliphatic rings. The van der Waals surface area contributed by atoms with E-state index in [1.807, 2.05) is 10.9 Å². The standard InChI is InChI=1S/C11H17N3O2S/c1-7(15)11-5-14(13-12-11)10-3-9(4-10)6-17-8(2)16/h5,7,9-10,15H,3-4,6H2,1-2H3. The molecule has 1 aliphatic carbocycles. The number of aliphatic hydroxyl groups excluding tert-OH is 1. The van der Waals surface area contributed by atoms with Gasteiger partial charge in [-0.15, -0.1) is 5.10 Å². The largest absolute Gasteiger partial charge is 0.387 e. The van der Waals surface area contributed by atoms with E-state index in [1.165, 1.54) is 11.8 Å². The van der Waals surface area contributed by atoms with Crippen LogP contribution in [0.2, 0.25) is 0 Å². The summed E-state index contributed by atoms with van der Waals surface area (Å²) in [6.45, 7) is 3.29. The van der Waals surface area contributed by atoms with Gasteiger partial charge < -0.3 is 5.11 Å². The first-order valence-corrected chi connectivity index (χ1v) is 6.78. The van der Waals surface area contributed by atoms with E-state index in [9.17, 15) is 9.90 Å². The number of aliphatic hydroxyl groups is 1. The third-order valence-corrected chi connectivity index (χ3v) is 4.11. The number of aromatic nitrogens is 3. The second-order valence-electron chi connectivity index (χ2n) is 4.59. The normalized spacial score (nSPS) is 25.4. The molecule has 17 heavy (non-hydrogen) atoms. The van der Waals surface area contributed by atoms with E-state index in [2.05, 4.69) is 10.3 Å². The van der Waals surface area contributed by atoms with Gasteiger partial charge in [-0.05, 0) is 25.7 Å². The number of rotatable bonds is 4. The zero-order valence-corrected chi connectivity index (χ0v) is 10.9. The van der Waals surface area contributed by atoms with Crippen molar-refractivity contribution in [2.75, 3.05) is 5.75 Å². The van der Waals surface area contributed by atoms with Crippen molar-refractivity contribution in [3.8, 4) is 0 Å². The number of hydrogen-bond donors (Lipinski definition) is 1. The highest BCUT2D eigenvalue weighted by Crippen LogP contribution is 2.39. The molecule has 1 atom stereocenters. The molecule has 2 rings (SSSR count). The molecule has 5 nitrogen and oxygen atoms in total. The predicted octanol–water partition coefficient (Wildman–Crippen LogP) is 1.56. The van der Waals surface area contributed by atoms with Crippen LogP contribution in [0.3, 0.4) is 0 Å². The third kappa shape index (κ3) is 3.07. The molecule has 0 saturated heterocycles. The maximum Gasteiger partial charge on any atom is 0.185 e. The number of carbonyl (C=O) groups is 1. The molecule has 94 valence electrons. The lowest BCUT2D eigenvalue weighted by atomic mass is 9.82. The summed E-state index contributed by atoms with van der Waals surface area (Å²) in [6, 6.07) is 0.382. The molecule has 1 N–H and O–H groups in total. The number of hydrogen-bond acceptors (Lipinski definition) is 5. The Hall–Kier alpha value is -0.880. The van der Waals surface area contributed by atoms with Gasteiger partial charge in [-0.1, -0.05) is 17.0 Å². The Morgan fingerprint density at radius 2 is 2.41 bits per heavy atom. The van der Waals surface area contributed by atoms with Gasteiger partial charge in [-0.25, -0.2) is 4.68 Å². The fourth-order valence-corrected chi connectivity index (χ4v) is 2.69. The average molecular weight is 255 g/mol. The van der Waals surface area contributed by atoms with E-state index in [4.69, 9.17) is 0 Å². The fraction of sp³-hybridized carbons (Fsp3) is 0.727. The van der Waals surface area contributed by atoms with Crippen molar-refractivity contribution in [2.45, 2.75) is 38.8 Å². The zero-order chi connectivity index (χ0) is 12.4. The van der Waals surface area contributed by atoms with Crippen LogP contribution in [-0.2, 0) is 4.79 Å². The Kier molecular flexibility index (Phi) is 3.83. The van der Waals surface area contributed by atoms with Crippen LogP contribution in [0.4, 0.5) is 0 Å². The van der Waals surface area contributed by atoms with Crippen molar-refractivity contribution < 1.29 is 9.90 Å². The van der Waals surface area contributed by atoms with Crippen LogP contribution in [0.1, 0.15) is 44.5 Å². The Morgan fingerprint density at radius 3 is 2.94 bits per heavy atom. The van der Waals surface area contributed by atoms with E-state index in [0.29, 0.717) is 17.7 Å². The minimum absolute atomic E-state index is 0.186. The van der Waals surface area contributed by atoms with Crippen molar-refractivity contribution in [3.05, 3.63) is 11.9 Å². The second-order valence-corrected chi connectivity index (χ2v) is 5.79. The molecule has 6 heteroatoms. The highest BCUT2D eigenvalue weighted by atomic mass is 32.2. The van der Waals surface area contributed by atoms with E-state index in [1.54, 1.807) is 13.8 Å². The van der Waals surface area contributed by atoms with Crippen LogP contribution in [0.15, 0.2) is 6.20 Å². The topological polar surface area (TPSA) is 68.0 Å². The van der Waals surface area contributed by atoms with Crippen LogP contribution >= 0.6 is 11.8 Å². The quantitative estimate of drug-likeness (QED) is 0.884. The van der Waals surface area contributed by atoms with E-state index < -0.39 is 6.10 Å². The summed E-state index contributed by atoms with van der Waals surface area (Å²) < 4.78 is 1.83. The van der Waals surface area contributed by atoms with Crippen LogP contribution in [0.25, 0.3) is 0 Å². The molecule has 0 radical (unpaired) electrons. The van der Waals surface area contributed by atoms with Gasteiger partial charge in [0.25, 0.3) is 0 Å². The average Bonchev–Trinajstić information content (AvgIpc) is 2.63. The Balaban J connectivity index is 1.80. The maximum absolute atomic E-state index is 10.8. The summed E-state index contributed by atoms with van der Waals surface area (Å²) in [7, 11) is 0. The minimum atomic E-state index is -0.562. The zero-order valence-electron chi connectivity index (χ0n) is 10.0. The van der Waals surface area contributed by atoms with Crippen LogP contribution < -0.4 is 0 Å². The second kappa shape index (κ2) is 5.18. The summed E-state index contributed by atoms with van der Waals surface area (Å²) in [5.41, 5.74) is 0.617. The van der Waals surface area contributed by atoms with Gasteiger partial charge in [0.05, 0.1) is 18.3 Å². The molecule has 1 fully saturated rings. The summed E-state index contributed by atoms with van der Waals surface area (Å²) in [6.07, 6.45) is 3.34. The molecule has 0 amide bonds. The molecule has 0 bridgehead atoms. The first-order chi connectivity index (χ1) is 8.06. The van der Waals surface area contributed by atoms with Gasteiger partial charge in [0, 0.05) is 12.7 Å². The molecular weight excluding hydrogens is 238 g/mol. The van der Waals surface area contributed by atoms with Gasteiger partial charge >= 0.3 is 0 Å². The summed E-state index contributed by atoms with van der Waals surface area (Å²) >= 11 is 1.40. The molecule has 1 aromatic rings. The summed E-state index contributed by atoms with van der Waals surface area (Å²) in [5, 5.41) is 17.5. The van der Waals surface area contributed by atoms with Crippen LogP contribution in [-0.4, -0.2) is 31.0 Å². The lowest BCUT2D eigenvalue weighted by Crippen LogP contribution is -2.29. The van der Waals surface area contributed by atoms with Crippen molar-refractivity contribution in [1.29, 1.82) is 0 Å². The summed E-state index contributed by atoms with van der Waals surface area (Å²) in [4.78, 5) is 10.8. The first-order valence-electron chi connectivity index (χ1n) is 5.79. The van der Waals surface area contributed by atoms with E-state index in [-0.39, 0.29) is 5.12 Å². The number of nitrogens with zero attached hydrogens (tertiary/aromatic N) is 3. The molecular formula is C11H17N3O2S. The Bertz CT molecular complexity index is 399. The van der Waals surface area contributed by atoms with Gasteiger partial charge in [-0.2, -0.15) is 0 Å². The highest BCUT2D eigenvalue weighted by Gasteiger charge is 2.31. The fourth-order valence-electron chi connectivity index (χ4n) is 1.95.